The lowest BCUT2D eigenvalue weighted by atomic mass is 9.80. The van der Waals surface area contributed by atoms with Crippen molar-refractivity contribution in [3.63, 3.8) is 0 Å². The molecule has 1 atom stereocenters. The molecule has 0 amide bonds. The van der Waals surface area contributed by atoms with E-state index in [4.69, 9.17) is 4.98 Å². The van der Waals surface area contributed by atoms with E-state index in [1.165, 1.54) is 0 Å². The molecule has 0 bridgehead atoms. The van der Waals surface area contributed by atoms with Gasteiger partial charge in [-0.05, 0) is 34.1 Å². The Bertz CT molecular complexity index is 848. The number of nitrogens with zero attached hydrogens (tertiary/aromatic N) is 1. The molecular weight excluding hydrogens is 299 g/mol. The van der Waals surface area contributed by atoms with Gasteiger partial charge in [-0.15, -0.1) is 0 Å². The summed E-state index contributed by atoms with van der Waals surface area (Å²) in [6.07, 6.45) is 0. The molecule has 1 heterocycles. The van der Waals surface area contributed by atoms with Crippen LogP contribution in [0.25, 0.3) is 22.2 Å². The number of hydrogen-bond donors (Lipinski definition) is 3. The zero-order chi connectivity index (χ0) is 17.5. The number of hydrogen-bond acceptors (Lipinski definition) is 3. The number of aromatic nitrogens is 2. The molecule has 4 nitrogen and oxygen atoms in total. The molecule has 0 saturated heterocycles. The van der Waals surface area contributed by atoms with Crippen LogP contribution in [0.1, 0.15) is 39.4 Å². The Labute approximate surface area is 142 Å². The first-order valence-electron chi connectivity index (χ1n) is 8.22. The van der Waals surface area contributed by atoms with Crippen LogP contribution in [0.3, 0.4) is 0 Å². The average molecular weight is 322 g/mol. The summed E-state index contributed by atoms with van der Waals surface area (Å²) in [6, 6.07) is 13.4. The summed E-state index contributed by atoms with van der Waals surface area (Å²) in [7, 11) is -1.43. The molecule has 5 heteroatoms. The van der Waals surface area contributed by atoms with Crippen LogP contribution in [0.4, 0.5) is 0 Å². The van der Waals surface area contributed by atoms with E-state index in [0.29, 0.717) is 11.4 Å². The highest BCUT2D eigenvalue weighted by Crippen LogP contribution is 2.34. The first-order chi connectivity index (χ1) is 11.3. The van der Waals surface area contributed by atoms with Crippen molar-refractivity contribution in [2.45, 2.75) is 33.6 Å². The van der Waals surface area contributed by atoms with Gasteiger partial charge in [-0.1, -0.05) is 58.0 Å². The molecule has 0 aliphatic carbocycles. The van der Waals surface area contributed by atoms with Crippen LogP contribution in [0.5, 0.6) is 0 Å². The Hall–Kier alpha value is -2.11. The standard InChI is InChI=1S/C19H23BN2O2/c1-12(19(2,3)4)18-21-16-10-7-14(11-17(16)22-18)13-5-8-15(9-6-13)20(23)24/h5-12,23-24H,1-4H3,(H,21,22)/t12-/m1/s1. The molecule has 3 rings (SSSR count). The van der Waals surface area contributed by atoms with Crippen molar-refractivity contribution in [2.24, 2.45) is 5.41 Å². The number of imidazole rings is 1. The largest absolute Gasteiger partial charge is 0.488 e. The molecule has 2 aromatic carbocycles. The molecule has 3 N–H and O–H groups in total. The first-order valence-corrected chi connectivity index (χ1v) is 8.22. The second-order valence-electron chi connectivity index (χ2n) is 7.44. The lowest BCUT2D eigenvalue weighted by Crippen LogP contribution is -2.29. The minimum absolute atomic E-state index is 0.150. The quantitative estimate of drug-likeness (QED) is 0.649. The van der Waals surface area contributed by atoms with Gasteiger partial charge in [0.15, 0.2) is 0 Å². The fourth-order valence-electron chi connectivity index (χ4n) is 2.67. The van der Waals surface area contributed by atoms with Crippen LogP contribution < -0.4 is 5.46 Å². The second kappa shape index (κ2) is 6.08. The van der Waals surface area contributed by atoms with Crippen LogP contribution in [0.2, 0.25) is 0 Å². The van der Waals surface area contributed by atoms with Crippen LogP contribution in [-0.2, 0) is 0 Å². The third-order valence-electron chi connectivity index (χ3n) is 4.75. The predicted molar refractivity (Wildman–Crippen MR) is 99.2 cm³/mol. The van der Waals surface area contributed by atoms with E-state index in [9.17, 15) is 10.0 Å². The molecule has 124 valence electrons. The third-order valence-corrected chi connectivity index (χ3v) is 4.75. The van der Waals surface area contributed by atoms with Crippen molar-refractivity contribution in [2.75, 3.05) is 0 Å². The highest BCUT2D eigenvalue weighted by molar-refractivity contribution is 6.58. The molecule has 0 aliphatic rings. The van der Waals surface area contributed by atoms with Gasteiger partial charge in [0.25, 0.3) is 0 Å². The number of rotatable bonds is 3. The summed E-state index contributed by atoms with van der Waals surface area (Å²) in [6.45, 7) is 8.84. The molecule has 0 saturated carbocycles. The van der Waals surface area contributed by atoms with Crippen molar-refractivity contribution in [1.82, 2.24) is 9.97 Å². The van der Waals surface area contributed by atoms with Gasteiger partial charge in [0, 0.05) is 5.92 Å². The SMILES string of the molecule is C[C@H](c1nc2ccc(-c3ccc(B(O)O)cc3)cc2[nH]1)C(C)(C)C. The molecule has 0 fully saturated rings. The number of fused-ring (bicyclic) bond motifs is 1. The van der Waals surface area contributed by atoms with E-state index in [2.05, 4.69) is 38.7 Å². The monoisotopic (exact) mass is 322 g/mol. The molecule has 24 heavy (non-hydrogen) atoms. The van der Waals surface area contributed by atoms with Gasteiger partial charge in [0.2, 0.25) is 0 Å². The number of nitrogens with one attached hydrogen (secondary N) is 1. The second-order valence-corrected chi connectivity index (χ2v) is 7.44. The van der Waals surface area contributed by atoms with Crippen molar-refractivity contribution in [3.05, 3.63) is 48.3 Å². The fraction of sp³-hybridized carbons (Fsp3) is 0.316. The average Bonchev–Trinajstić information content (AvgIpc) is 2.96. The normalized spacial score (nSPS) is 13.2. The highest BCUT2D eigenvalue weighted by Gasteiger charge is 2.24. The summed E-state index contributed by atoms with van der Waals surface area (Å²) < 4.78 is 0. The van der Waals surface area contributed by atoms with E-state index >= 15 is 0 Å². The van der Waals surface area contributed by atoms with Gasteiger partial charge in [-0.2, -0.15) is 0 Å². The minimum Gasteiger partial charge on any atom is -0.423 e. The maximum absolute atomic E-state index is 9.19. The number of aromatic amines is 1. The Morgan fingerprint density at radius 3 is 2.21 bits per heavy atom. The van der Waals surface area contributed by atoms with Crippen LogP contribution in [0, 0.1) is 5.41 Å². The molecule has 0 spiro atoms. The van der Waals surface area contributed by atoms with E-state index in [1.807, 2.05) is 24.3 Å². The summed E-state index contributed by atoms with van der Waals surface area (Å²) >= 11 is 0. The Kier molecular flexibility index (Phi) is 4.24. The highest BCUT2D eigenvalue weighted by atomic mass is 16.4. The summed E-state index contributed by atoms with van der Waals surface area (Å²) in [4.78, 5) is 8.18. The lowest BCUT2D eigenvalue weighted by molar-refractivity contribution is 0.330. The summed E-state index contributed by atoms with van der Waals surface area (Å²) in [5, 5.41) is 18.4. The fourth-order valence-corrected chi connectivity index (χ4v) is 2.67. The molecule has 3 aromatic rings. The van der Waals surface area contributed by atoms with Crippen molar-refractivity contribution >= 4 is 23.6 Å². The smallest absolute Gasteiger partial charge is 0.423 e. The predicted octanol–water partition coefficient (Wildman–Crippen LogP) is 3.06. The third kappa shape index (κ3) is 3.23. The van der Waals surface area contributed by atoms with Crippen molar-refractivity contribution < 1.29 is 10.0 Å². The summed E-state index contributed by atoms with van der Waals surface area (Å²) in [5.41, 5.74) is 4.72. The van der Waals surface area contributed by atoms with Crippen molar-refractivity contribution in [1.29, 1.82) is 0 Å². The zero-order valence-corrected chi connectivity index (χ0v) is 14.5. The topological polar surface area (TPSA) is 69.1 Å². The Morgan fingerprint density at radius 2 is 1.62 bits per heavy atom. The van der Waals surface area contributed by atoms with Crippen LogP contribution >= 0.6 is 0 Å². The van der Waals surface area contributed by atoms with E-state index < -0.39 is 7.12 Å². The Morgan fingerprint density at radius 1 is 1.00 bits per heavy atom. The van der Waals surface area contributed by atoms with Crippen LogP contribution in [-0.4, -0.2) is 27.1 Å². The maximum Gasteiger partial charge on any atom is 0.488 e. The molecule has 0 aliphatic heterocycles. The molecule has 0 radical (unpaired) electrons. The van der Waals surface area contributed by atoms with Gasteiger partial charge in [-0.3, -0.25) is 0 Å². The molecular formula is C19H23BN2O2. The summed E-state index contributed by atoms with van der Waals surface area (Å²) in [5.74, 6) is 1.34. The van der Waals surface area contributed by atoms with E-state index in [1.54, 1.807) is 12.1 Å². The molecule has 1 aromatic heterocycles. The zero-order valence-electron chi connectivity index (χ0n) is 14.5. The van der Waals surface area contributed by atoms with Gasteiger partial charge >= 0.3 is 7.12 Å². The van der Waals surface area contributed by atoms with E-state index in [-0.39, 0.29) is 5.41 Å². The first kappa shape index (κ1) is 16.7. The minimum atomic E-state index is -1.43. The Balaban J connectivity index is 1.96. The lowest BCUT2D eigenvalue weighted by Gasteiger charge is -2.25. The van der Waals surface area contributed by atoms with Gasteiger partial charge < -0.3 is 15.0 Å². The van der Waals surface area contributed by atoms with E-state index in [0.717, 1.165) is 28.0 Å². The number of H-pyrrole nitrogens is 1. The number of benzene rings is 2. The van der Waals surface area contributed by atoms with Crippen molar-refractivity contribution in [3.8, 4) is 11.1 Å². The van der Waals surface area contributed by atoms with Gasteiger partial charge in [0.1, 0.15) is 5.82 Å². The van der Waals surface area contributed by atoms with Gasteiger partial charge in [0.05, 0.1) is 11.0 Å². The van der Waals surface area contributed by atoms with Crippen LogP contribution in [0.15, 0.2) is 42.5 Å². The van der Waals surface area contributed by atoms with Gasteiger partial charge in [-0.25, -0.2) is 4.98 Å². The molecule has 0 unspecified atom stereocenters. The maximum atomic E-state index is 9.19.